The Balaban J connectivity index is 2.11. The zero-order valence-electron chi connectivity index (χ0n) is 13.4. The molecule has 0 amide bonds. The molecule has 21 heavy (non-hydrogen) atoms. The number of ether oxygens (including phenoxy) is 1. The van der Waals surface area contributed by atoms with Crippen molar-refractivity contribution in [2.24, 2.45) is 17.6 Å². The van der Waals surface area contributed by atoms with E-state index < -0.39 is 0 Å². The number of rotatable bonds is 5. The molecule has 1 aliphatic rings. The maximum Gasteiger partial charge on any atom is 0.137 e. The Morgan fingerprint density at radius 1 is 1.29 bits per heavy atom. The summed E-state index contributed by atoms with van der Waals surface area (Å²) < 4.78 is 7.43. The minimum absolute atomic E-state index is 0.201. The van der Waals surface area contributed by atoms with Crippen LogP contribution in [0, 0.1) is 11.8 Å². The molecule has 1 aliphatic carbocycles. The van der Waals surface area contributed by atoms with Crippen molar-refractivity contribution in [3.63, 3.8) is 0 Å². The van der Waals surface area contributed by atoms with E-state index in [0.717, 1.165) is 47.7 Å². The van der Waals surface area contributed by atoms with E-state index in [-0.39, 0.29) is 6.04 Å². The molecule has 0 saturated heterocycles. The van der Waals surface area contributed by atoms with Crippen LogP contribution in [0.3, 0.4) is 0 Å². The van der Waals surface area contributed by atoms with Crippen LogP contribution in [0.1, 0.15) is 52.0 Å². The summed E-state index contributed by atoms with van der Waals surface area (Å²) in [6, 6.07) is 6.47. The predicted octanol–water partition coefficient (Wildman–Crippen LogP) is 4.93. The molecule has 0 heterocycles. The molecular weight excluding hydrogens is 326 g/mol. The van der Waals surface area contributed by atoms with E-state index >= 15 is 0 Å². The molecule has 0 bridgehead atoms. The zero-order valence-corrected chi connectivity index (χ0v) is 15.0. The lowest BCUT2D eigenvalue weighted by Crippen LogP contribution is -2.29. The van der Waals surface area contributed by atoms with Crippen LogP contribution in [0.5, 0.6) is 5.75 Å². The minimum atomic E-state index is 0.201. The van der Waals surface area contributed by atoms with Crippen molar-refractivity contribution in [1.29, 1.82) is 0 Å². The summed E-state index contributed by atoms with van der Waals surface area (Å²) in [4.78, 5) is 0. The number of hydrogen-bond acceptors (Lipinski definition) is 2. The highest BCUT2D eigenvalue weighted by Crippen LogP contribution is 2.36. The third-order valence-corrected chi connectivity index (χ3v) is 5.51. The predicted molar refractivity (Wildman–Crippen MR) is 92.7 cm³/mol. The summed E-state index contributed by atoms with van der Waals surface area (Å²) in [6.07, 6.45) is 5.79. The van der Waals surface area contributed by atoms with Crippen molar-refractivity contribution in [3.8, 4) is 5.75 Å². The highest BCUT2D eigenvalue weighted by molar-refractivity contribution is 9.10. The van der Waals surface area contributed by atoms with Crippen LogP contribution in [-0.2, 0) is 6.42 Å². The van der Waals surface area contributed by atoms with Gasteiger partial charge in [-0.2, -0.15) is 0 Å². The smallest absolute Gasteiger partial charge is 0.137 e. The van der Waals surface area contributed by atoms with Gasteiger partial charge in [0.2, 0.25) is 0 Å². The number of halogens is 1. The standard InChI is InChI=1S/C18H28BrNO/c1-4-15(20)11-14-6-5-7-17(19)18(14)21-16-9-8-12(2)13(3)10-16/h5-7,12-13,15-16H,4,8-11,20H2,1-3H3. The number of hydrogen-bond donors (Lipinski definition) is 1. The van der Waals surface area contributed by atoms with Gasteiger partial charge in [0.1, 0.15) is 5.75 Å². The molecule has 0 aliphatic heterocycles. The van der Waals surface area contributed by atoms with E-state index in [1.807, 2.05) is 0 Å². The van der Waals surface area contributed by atoms with Crippen molar-refractivity contribution in [3.05, 3.63) is 28.2 Å². The van der Waals surface area contributed by atoms with Crippen LogP contribution in [0.25, 0.3) is 0 Å². The van der Waals surface area contributed by atoms with Gasteiger partial charge in [-0.1, -0.05) is 32.9 Å². The average Bonchev–Trinajstić information content (AvgIpc) is 2.46. The van der Waals surface area contributed by atoms with Gasteiger partial charge >= 0.3 is 0 Å². The van der Waals surface area contributed by atoms with Crippen LogP contribution < -0.4 is 10.5 Å². The second-order valence-electron chi connectivity index (χ2n) is 6.61. The second kappa shape index (κ2) is 7.64. The van der Waals surface area contributed by atoms with Gasteiger partial charge in [-0.15, -0.1) is 0 Å². The van der Waals surface area contributed by atoms with E-state index in [1.54, 1.807) is 0 Å². The van der Waals surface area contributed by atoms with Gasteiger partial charge in [-0.25, -0.2) is 0 Å². The van der Waals surface area contributed by atoms with Crippen molar-refractivity contribution < 1.29 is 4.74 Å². The molecule has 1 aromatic carbocycles. The fourth-order valence-electron chi connectivity index (χ4n) is 3.04. The Labute approximate surface area is 137 Å². The first-order chi connectivity index (χ1) is 10.0. The summed E-state index contributed by atoms with van der Waals surface area (Å²) >= 11 is 3.65. The highest BCUT2D eigenvalue weighted by Gasteiger charge is 2.26. The Kier molecular flexibility index (Phi) is 6.12. The summed E-state index contributed by atoms with van der Waals surface area (Å²) in [7, 11) is 0. The number of nitrogens with two attached hydrogens (primary N) is 1. The molecule has 2 N–H and O–H groups in total. The Morgan fingerprint density at radius 2 is 2.05 bits per heavy atom. The third kappa shape index (κ3) is 4.46. The van der Waals surface area contributed by atoms with E-state index in [2.05, 4.69) is 54.9 Å². The molecule has 4 unspecified atom stereocenters. The molecule has 1 fully saturated rings. The van der Waals surface area contributed by atoms with Crippen molar-refractivity contribution >= 4 is 15.9 Å². The van der Waals surface area contributed by atoms with Crippen molar-refractivity contribution in [2.75, 3.05) is 0 Å². The van der Waals surface area contributed by atoms with Gasteiger partial charge in [0, 0.05) is 6.04 Å². The Hall–Kier alpha value is -0.540. The second-order valence-corrected chi connectivity index (χ2v) is 7.46. The molecule has 0 radical (unpaired) electrons. The summed E-state index contributed by atoms with van der Waals surface area (Å²) in [5, 5.41) is 0. The lowest BCUT2D eigenvalue weighted by atomic mass is 9.80. The SMILES string of the molecule is CCC(N)Cc1cccc(Br)c1OC1CCC(C)C(C)C1. The Morgan fingerprint density at radius 3 is 2.71 bits per heavy atom. The molecule has 0 spiro atoms. The average molecular weight is 354 g/mol. The maximum absolute atomic E-state index is 6.38. The number of para-hydroxylation sites is 1. The van der Waals surface area contributed by atoms with Gasteiger partial charge in [0.15, 0.2) is 0 Å². The van der Waals surface area contributed by atoms with Gasteiger partial charge in [-0.3, -0.25) is 0 Å². The molecule has 3 heteroatoms. The molecule has 4 atom stereocenters. The molecule has 1 saturated carbocycles. The third-order valence-electron chi connectivity index (χ3n) is 4.89. The first kappa shape index (κ1) is 16.8. The summed E-state index contributed by atoms with van der Waals surface area (Å²) in [5.41, 5.74) is 7.35. The highest BCUT2D eigenvalue weighted by atomic mass is 79.9. The largest absolute Gasteiger partial charge is 0.489 e. The van der Waals surface area contributed by atoms with Gasteiger partial charge in [0.05, 0.1) is 10.6 Å². The topological polar surface area (TPSA) is 35.2 Å². The monoisotopic (exact) mass is 353 g/mol. The van der Waals surface area contributed by atoms with Gasteiger partial charge in [-0.05, 0) is 71.5 Å². The zero-order chi connectivity index (χ0) is 15.4. The molecule has 0 aromatic heterocycles. The van der Waals surface area contributed by atoms with Crippen LogP contribution in [0.2, 0.25) is 0 Å². The fraction of sp³-hybridized carbons (Fsp3) is 0.667. The van der Waals surface area contributed by atoms with E-state index in [4.69, 9.17) is 10.5 Å². The van der Waals surface area contributed by atoms with Crippen molar-refractivity contribution in [1.82, 2.24) is 0 Å². The van der Waals surface area contributed by atoms with Crippen LogP contribution >= 0.6 is 15.9 Å². The van der Waals surface area contributed by atoms with E-state index in [1.165, 1.54) is 12.0 Å². The van der Waals surface area contributed by atoms with Crippen LogP contribution in [-0.4, -0.2) is 12.1 Å². The summed E-state index contributed by atoms with van der Waals surface area (Å²) in [6.45, 7) is 6.83. The van der Waals surface area contributed by atoms with E-state index in [0.29, 0.717) is 6.10 Å². The van der Waals surface area contributed by atoms with Gasteiger partial charge in [0.25, 0.3) is 0 Å². The molecule has 2 rings (SSSR count). The quantitative estimate of drug-likeness (QED) is 0.813. The maximum atomic E-state index is 6.38. The molecule has 118 valence electrons. The van der Waals surface area contributed by atoms with Crippen LogP contribution in [0.4, 0.5) is 0 Å². The lowest BCUT2D eigenvalue weighted by Gasteiger charge is -2.33. The lowest BCUT2D eigenvalue weighted by molar-refractivity contribution is 0.0989. The first-order valence-electron chi connectivity index (χ1n) is 8.20. The minimum Gasteiger partial charge on any atom is -0.489 e. The molecule has 1 aromatic rings. The normalized spacial score (nSPS) is 27.4. The van der Waals surface area contributed by atoms with Crippen molar-refractivity contribution in [2.45, 2.75) is 65.0 Å². The Bertz CT molecular complexity index is 463. The van der Waals surface area contributed by atoms with E-state index in [9.17, 15) is 0 Å². The molecular formula is C18H28BrNO. The fourth-order valence-corrected chi connectivity index (χ4v) is 3.55. The first-order valence-corrected chi connectivity index (χ1v) is 9.00. The number of benzene rings is 1. The molecule has 2 nitrogen and oxygen atoms in total. The van der Waals surface area contributed by atoms with Gasteiger partial charge < -0.3 is 10.5 Å². The van der Waals surface area contributed by atoms with Crippen LogP contribution in [0.15, 0.2) is 22.7 Å². The summed E-state index contributed by atoms with van der Waals surface area (Å²) in [5.74, 6) is 2.57.